The number of halogens is 1. The van der Waals surface area contributed by atoms with Gasteiger partial charge in [0.25, 0.3) is 5.56 Å². The molecule has 5 nitrogen and oxygen atoms in total. The minimum absolute atomic E-state index is 0.157. The molecule has 0 saturated heterocycles. The molecule has 0 aliphatic rings. The van der Waals surface area contributed by atoms with E-state index in [0.29, 0.717) is 10.7 Å². The number of rotatable bonds is 3. The fourth-order valence-electron chi connectivity index (χ4n) is 2.43. The van der Waals surface area contributed by atoms with Crippen molar-refractivity contribution in [3.63, 3.8) is 0 Å². The Bertz CT molecular complexity index is 1090. The number of para-hydroxylation sites is 1. The number of nitrogens with zero attached hydrogens (tertiary/aromatic N) is 3. The van der Waals surface area contributed by atoms with Crippen LogP contribution in [0.2, 0.25) is 0 Å². The van der Waals surface area contributed by atoms with Gasteiger partial charge in [0.1, 0.15) is 0 Å². The van der Waals surface area contributed by atoms with Gasteiger partial charge in [-0.15, -0.1) is 11.3 Å². The number of hydrogen-bond donors (Lipinski definition) is 1. The van der Waals surface area contributed by atoms with E-state index < -0.39 is 0 Å². The molecule has 0 radical (unpaired) electrons. The number of benzene rings is 1. The third-order valence-corrected chi connectivity index (χ3v) is 6.38. The van der Waals surface area contributed by atoms with Gasteiger partial charge in [-0.25, -0.2) is 4.98 Å². The van der Waals surface area contributed by atoms with Crippen LogP contribution in [0.4, 0.5) is 0 Å². The van der Waals surface area contributed by atoms with E-state index in [1.54, 1.807) is 24.6 Å². The smallest absolute Gasteiger partial charge is 0.282 e. The van der Waals surface area contributed by atoms with Crippen molar-refractivity contribution in [3.05, 3.63) is 56.1 Å². The molecule has 0 saturated carbocycles. The molecule has 120 valence electrons. The fourth-order valence-corrected chi connectivity index (χ4v) is 4.94. The van der Waals surface area contributed by atoms with E-state index in [1.807, 2.05) is 35.7 Å². The maximum Gasteiger partial charge on any atom is 0.282 e. The van der Waals surface area contributed by atoms with Gasteiger partial charge in [-0.3, -0.25) is 14.9 Å². The van der Waals surface area contributed by atoms with E-state index in [0.717, 1.165) is 25.3 Å². The van der Waals surface area contributed by atoms with Gasteiger partial charge in [-0.05, 0) is 39.5 Å². The monoisotopic (exact) mass is 418 g/mol. The Kier molecular flexibility index (Phi) is 3.95. The number of nitrogens with one attached hydrogen (secondary N) is 1. The van der Waals surface area contributed by atoms with Crippen molar-refractivity contribution in [2.24, 2.45) is 4.99 Å². The van der Waals surface area contributed by atoms with Crippen LogP contribution in [-0.2, 0) is 0 Å². The lowest BCUT2D eigenvalue weighted by molar-refractivity contribution is 0.846. The number of fused-ring (bicyclic) bond motifs is 1. The molecule has 0 aliphatic heterocycles. The van der Waals surface area contributed by atoms with Crippen molar-refractivity contribution in [2.45, 2.75) is 0 Å². The van der Waals surface area contributed by atoms with Gasteiger partial charge in [0.15, 0.2) is 0 Å². The summed E-state index contributed by atoms with van der Waals surface area (Å²) in [5, 5.41) is 5.79. The summed E-state index contributed by atoms with van der Waals surface area (Å²) in [5.74, 6) is 0. The second-order valence-electron chi connectivity index (χ2n) is 4.99. The molecule has 1 N–H and O–H groups in total. The third kappa shape index (κ3) is 2.47. The minimum Gasteiger partial charge on any atom is -0.296 e. The number of aliphatic imine (C=N–C) groups is 1. The van der Waals surface area contributed by atoms with Crippen LogP contribution in [0.15, 0.2) is 50.0 Å². The molecule has 3 aromatic heterocycles. The van der Waals surface area contributed by atoms with Gasteiger partial charge >= 0.3 is 0 Å². The van der Waals surface area contributed by atoms with E-state index in [9.17, 15) is 4.79 Å². The Morgan fingerprint density at radius 1 is 1.33 bits per heavy atom. The summed E-state index contributed by atoms with van der Waals surface area (Å²) in [7, 11) is 1.65. The number of aromatic nitrogens is 3. The summed E-state index contributed by atoms with van der Waals surface area (Å²) in [5.41, 5.74) is 1.99. The summed E-state index contributed by atoms with van der Waals surface area (Å²) in [6.07, 6.45) is 1.59. The topological polar surface area (TPSA) is 63.0 Å². The zero-order chi connectivity index (χ0) is 16.7. The third-order valence-electron chi connectivity index (χ3n) is 3.50. The molecule has 0 amide bonds. The molecule has 3 heterocycles. The molecular formula is C16H11BrN4OS2. The molecule has 4 aromatic rings. The molecule has 24 heavy (non-hydrogen) atoms. The molecular weight excluding hydrogens is 408 g/mol. The number of thiazole rings is 1. The standard InChI is InChI=1S/C16H11BrN4OS2/c1-18-8-9-13(14-10(17)6-7-23-14)20-21(15(9)22)16-19-11-4-2-3-5-12(11)24-16/h2-8,20H,1H3. The van der Waals surface area contributed by atoms with Gasteiger partial charge in [-0.2, -0.15) is 4.68 Å². The summed E-state index contributed by atoms with van der Waals surface area (Å²) >= 11 is 6.56. The average molecular weight is 419 g/mol. The number of thiophene rings is 1. The molecule has 0 unspecified atom stereocenters. The highest BCUT2D eigenvalue weighted by atomic mass is 79.9. The van der Waals surface area contributed by atoms with E-state index in [1.165, 1.54) is 16.0 Å². The zero-order valence-electron chi connectivity index (χ0n) is 12.5. The van der Waals surface area contributed by atoms with Crippen LogP contribution in [0.3, 0.4) is 0 Å². The van der Waals surface area contributed by atoms with Gasteiger partial charge in [0, 0.05) is 17.7 Å². The van der Waals surface area contributed by atoms with Crippen LogP contribution in [-0.4, -0.2) is 28.0 Å². The summed E-state index contributed by atoms with van der Waals surface area (Å²) in [6, 6.07) is 9.79. The second-order valence-corrected chi connectivity index (χ2v) is 7.77. The summed E-state index contributed by atoms with van der Waals surface area (Å²) in [6.45, 7) is 0. The molecule has 4 rings (SSSR count). The Morgan fingerprint density at radius 2 is 2.17 bits per heavy atom. The Labute approximate surface area is 153 Å². The molecule has 0 fully saturated rings. The predicted molar refractivity (Wildman–Crippen MR) is 104 cm³/mol. The first-order valence-corrected chi connectivity index (χ1v) is 9.54. The van der Waals surface area contributed by atoms with Crippen LogP contribution in [0.25, 0.3) is 25.9 Å². The largest absolute Gasteiger partial charge is 0.296 e. The van der Waals surface area contributed by atoms with Crippen LogP contribution < -0.4 is 5.56 Å². The fraction of sp³-hybridized carbons (Fsp3) is 0.0625. The van der Waals surface area contributed by atoms with Crippen molar-refractivity contribution >= 4 is 55.0 Å². The number of hydrogen-bond acceptors (Lipinski definition) is 5. The van der Waals surface area contributed by atoms with Crippen molar-refractivity contribution < 1.29 is 0 Å². The Balaban J connectivity index is 1.97. The van der Waals surface area contributed by atoms with E-state index in [2.05, 4.69) is 31.0 Å². The van der Waals surface area contributed by atoms with E-state index >= 15 is 0 Å². The Morgan fingerprint density at radius 3 is 2.88 bits per heavy atom. The van der Waals surface area contributed by atoms with Gasteiger partial charge in [0.2, 0.25) is 5.13 Å². The molecule has 8 heteroatoms. The van der Waals surface area contributed by atoms with Crippen molar-refractivity contribution in [1.82, 2.24) is 14.8 Å². The molecule has 1 aromatic carbocycles. The molecule has 0 atom stereocenters. The lowest BCUT2D eigenvalue weighted by atomic mass is 10.2. The highest BCUT2D eigenvalue weighted by Gasteiger charge is 2.19. The van der Waals surface area contributed by atoms with Crippen molar-refractivity contribution in [2.75, 3.05) is 7.05 Å². The van der Waals surface area contributed by atoms with Crippen LogP contribution in [0.5, 0.6) is 0 Å². The van der Waals surface area contributed by atoms with Gasteiger partial charge in [-0.1, -0.05) is 23.5 Å². The van der Waals surface area contributed by atoms with Crippen molar-refractivity contribution in [1.29, 1.82) is 0 Å². The zero-order valence-corrected chi connectivity index (χ0v) is 15.7. The highest BCUT2D eigenvalue weighted by molar-refractivity contribution is 9.10. The van der Waals surface area contributed by atoms with Crippen LogP contribution in [0.1, 0.15) is 5.56 Å². The Hall–Kier alpha value is -2.03. The van der Waals surface area contributed by atoms with E-state index in [4.69, 9.17) is 0 Å². The SMILES string of the molecule is CN=Cc1c(-c2sccc2Br)[nH]n(-c2nc3ccccc3s2)c1=O. The van der Waals surface area contributed by atoms with Crippen LogP contribution in [0, 0.1) is 0 Å². The molecule has 0 aliphatic carbocycles. The first kappa shape index (κ1) is 15.5. The van der Waals surface area contributed by atoms with Crippen LogP contribution >= 0.6 is 38.6 Å². The first-order valence-electron chi connectivity index (χ1n) is 7.05. The lowest BCUT2D eigenvalue weighted by Crippen LogP contribution is -2.16. The highest BCUT2D eigenvalue weighted by Crippen LogP contribution is 2.34. The normalized spacial score (nSPS) is 11.8. The average Bonchev–Trinajstić information content (AvgIpc) is 3.26. The quantitative estimate of drug-likeness (QED) is 0.503. The van der Waals surface area contributed by atoms with Gasteiger partial charge < -0.3 is 0 Å². The summed E-state index contributed by atoms with van der Waals surface area (Å²) in [4.78, 5) is 22.4. The maximum absolute atomic E-state index is 12.9. The van der Waals surface area contributed by atoms with Crippen molar-refractivity contribution in [3.8, 4) is 15.7 Å². The van der Waals surface area contributed by atoms with E-state index in [-0.39, 0.29) is 5.56 Å². The lowest BCUT2D eigenvalue weighted by Gasteiger charge is -1.97. The van der Waals surface area contributed by atoms with Gasteiger partial charge in [0.05, 0.1) is 26.4 Å². The molecule has 0 spiro atoms. The second kappa shape index (κ2) is 6.12. The summed E-state index contributed by atoms with van der Waals surface area (Å²) < 4.78 is 3.47. The maximum atomic E-state index is 12.9. The first-order chi connectivity index (χ1) is 11.7. The number of aromatic amines is 1. The predicted octanol–water partition coefficient (Wildman–Crippen LogP) is 4.32. The minimum atomic E-state index is -0.157. The molecule has 0 bridgehead atoms. The number of H-pyrrole nitrogens is 1.